The number of hydrogen-bond donors (Lipinski definition) is 0. The zero-order chi connectivity index (χ0) is 48.6. The van der Waals surface area contributed by atoms with Crippen molar-refractivity contribution in [2.45, 2.75) is 232 Å². The highest BCUT2D eigenvalue weighted by Gasteiger charge is 2.19. The van der Waals surface area contributed by atoms with Crippen LogP contribution in [0.1, 0.15) is 226 Å². The predicted octanol–water partition coefficient (Wildman–Crippen LogP) is 18.1. The molecule has 0 bridgehead atoms. The molecule has 378 valence electrons. The topological polar surface area (TPSA) is 78.9 Å². The first kappa shape index (κ1) is 62.8. The van der Waals surface area contributed by atoms with Crippen molar-refractivity contribution in [2.75, 3.05) is 13.2 Å². The second-order valence-corrected chi connectivity index (χ2v) is 17.3. The van der Waals surface area contributed by atoms with Gasteiger partial charge in [-0.3, -0.25) is 14.4 Å². The van der Waals surface area contributed by atoms with Gasteiger partial charge in [0.15, 0.2) is 6.10 Å². The van der Waals surface area contributed by atoms with Crippen LogP contribution < -0.4 is 0 Å². The molecule has 0 aromatic rings. The molecule has 67 heavy (non-hydrogen) atoms. The van der Waals surface area contributed by atoms with Gasteiger partial charge < -0.3 is 14.2 Å². The summed E-state index contributed by atoms with van der Waals surface area (Å²) in [6.45, 7) is 6.24. The molecular formula is C61H98O6. The molecule has 0 aliphatic heterocycles. The average molecular weight is 927 g/mol. The van der Waals surface area contributed by atoms with Gasteiger partial charge in [0.2, 0.25) is 0 Å². The summed E-state index contributed by atoms with van der Waals surface area (Å²) in [6.07, 6.45) is 74.7. The van der Waals surface area contributed by atoms with Crippen molar-refractivity contribution < 1.29 is 28.6 Å². The lowest BCUT2D eigenvalue weighted by molar-refractivity contribution is -0.167. The van der Waals surface area contributed by atoms with Crippen molar-refractivity contribution in [1.29, 1.82) is 0 Å². The average Bonchev–Trinajstić information content (AvgIpc) is 3.33. The molecule has 0 amide bonds. The van der Waals surface area contributed by atoms with Gasteiger partial charge in [-0.2, -0.15) is 0 Å². The summed E-state index contributed by atoms with van der Waals surface area (Å²) in [6, 6.07) is 0. The van der Waals surface area contributed by atoms with E-state index >= 15 is 0 Å². The highest BCUT2D eigenvalue weighted by atomic mass is 16.6. The van der Waals surface area contributed by atoms with Gasteiger partial charge in [-0.05, 0) is 122 Å². The van der Waals surface area contributed by atoms with E-state index in [0.29, 0.717) is 19.3 Å². The van der Waals surface area contributed by atoms with Crippen LogP contribution >= 0.6 is 0 Å². The minimum Gasteiger partial charge on any atom is -0.462 e. The van der Waals surface area contributed by atoms with Crippen molar-refractivity contribution in [3.8, 4) is 0 Å². The van der Waals surface area contributed by atoms with Gasteiger partial charge in [-0.25, -0.2) is 0 Å². The third-order valence-corrected chi connectivity index (χ3v) is 10.9. The summed E-state index contributed by atoms with van der Waals surface area (Å²) in [4.78, 5) is 38.1. The maximum Gasteiger partial charge on any atom is 0.306 e. The number of allylic oxidation sites excluding steroid dienone is 20. The molecule has 0 aromatic carbocycles. The zero-order valence-electron chi connectivity index (χ0n) is 43.1. The SMILES string of the molecule is CC/C=C\C/C=C\C/C=C\C/C=C\CCCCC(=O)OCC(COC(=O)CCCCCCCCC/C=C\C/C=C\C/C=C\CC)OC(=O)CCCCCCCCC/C=C\C/C=C\C/C=C\CC. The fourth-order valence-electron chi connectivity index (χ4n) is 6.99. The van der Waals surface area contributed by atoms with Crippen LogP contribution in [0.3, 0.4) is 0 Å². The number of hydrogen-bond acceptors (Lipinski definition) is 6. The molecule has 0 radical (unpaired) electrons. The molecule has 1 unspecified atom stereocenters. The Morgan fingerprint density at radius 2 is 0.537 bits per heavy atom. The molecule has 0 spiro atoms. The van der Waals surface area contributed by atoms with Crippen LogP contribution in [0, 0.1) is 0 Å². The van der Waals surface area contributed by atoms with Crippen molar-refractivity contribution >= 4 is 17.9 Å². The lowest BCUT2D eigenvalue weighted by Crippen LogP contribution is -2.30. The van der Waals surface area contributed by atoms with Crippen molar-refractivity contribution in [2.24, 2.45) is 0 Å². The molecule has 0 aliphatic rings. The Bertz CT molecular complexity index is 1440. The fourth-order valence-corrected chi connectivity index (χ4v) is 6.99. The van der Waals surface area contributed by atoms with Crippen LogP contribution in [0.5, 0.6) is 0 Å². The largest absolute Gasteiger partial charge is 0.462 e. The van der Waals surface area contributed by atoms with Crippen LogP contribution in [-0.2, 0) is 28.6 Å². The van der Waals surface area contributed by atoms with Gasteiger partial charge in [-0.15, -0.1) is 0 Å². The molecule has 0 N–H and O–H groups in total. The zero-order valence-corrected chi connectivity index (χ0v) is 43.1. The van der Waals surface area contributed by atoms with Gasteiger partial charge in [-0.1, -0.05) is 206 Å². The molecule has 0 aromatic heterocycles. The summed E-state index contributed by atoms with van der Waals surface area (Å²) >= 11 is 0. The van der Waals surface area contributed by atoms with E-state index in [2.05, 4.69) is 142 Å². The minimum absolute atomic E-state index is 0.104. The molecule has 6 heteroatoms. The van der Waals surface area contributed by atoms with E-state index in [4.69, 9.17) is 14.2 Å². The monoisotopic (exact) mass is 927 g/mol. The molecule has 0 heterocycles. The van der Waals surface area contributed by atoms with Gasteiger partial charge in [0, 0.05) is 19.3 Å². The number of ether oxygens (including phenoxy) is 3. The fraction of sp³-hybridized carbons (Fsp3) is 0.623. The Morgan fingerprint density at radius 3 is 0.866 bits per heavy atom. The Balaban J connectivity index is 4.50. The summed E-state index contributed by atoms with van der Waals surface area (Å²) < 4.78 is 16.8. The Labute approximate surface area is 412 Å². The normalized spacial score (nSPS) is 13.1. The van der Waals surface area contributed by atoms with Gasteiger partial charge in [0.05, 0.1) is 0 Å². The highest BCUT2D eigenvalue weighted by molar-refractivity contribution is 5.71. The van der Waals surface area contributed by atoms with Crippen LogP contribution in [0.25, 0.3) is 0 Å². The lowest BCUT2D eigenvalue weighted by Gasteiger charge is -2.18. The second kappa shape index (κ2) is 54.4. The van der Waals surface area contributed by atoms with E-state index in [0.717, 1.165) is 135 Å². The summed E-state index contributed by atoms with van der Waals surface area (Å²) in [7, 11) is 0. The first-order valence-electron chi connectivity index (χ1n) is 27.0. The van der Waals surface area contributed by atoms with E-state index in [-0.39, 0.29) is 31.1 Å². The van der Waals surface area contributed by atoms with E-state index in [9.17, 15) is 14.4 Å². The van der Waals surface area contributed by atoms with Crippen molar-refractivity contribution in [1.82, 2.24) is 0 Å². The second-order valence-electron chi connectivity index (χ2n) is 17.3. The quantitative estimate of drug-likeness (QED) is 0.0262. The summed E-state index contributed by atoms with van der Waals surface area (Å²) in [5.74, 6) is -0.970. The van der Waals surface area contributed by atoms with E-state index in [1.165, 1.54) is 51.4 Å². The van der Waals surface area contributed by atoms with Crippen LogP contribution in [-0.4, -0.2) is 37.2 Å². The Morgan fingerprint density at radius 1 is 0.299 bits per heavy atom. The molecule has 0 saturated heterocycles. The lowest BCUT2D eigenvalue weighted by atomic mass is 10.1. The minimum atomic E-state index is -0.808. The van der Waals surface area contributed by atoms with E-state index < -0.39 is 6.10 Å². The molecule has 6 nitrogen and oxygen atoms in total. The number of unbranched alkanes of at least 4 members (excludes halogenated alkanes) is 16. The standard InChI is InChI=1S/C61H98O6/c1-4-7-10-13-16-19-22-25-28-30-33-36-39-42-45-48-51-54-60(63)66-57-58(56-65-59(62)53-50-47-44-41-38-35-32-27-24-21-18-15-12-9-6-3)67-61(64)55-52-49-46-43-40-37-34-31-29-26-23-20-17-14-11-8-5-2/h7-12,16-21,25-29,32,38,41,58H,4-6,13-15,22-24,30-31,33-37,39-40,42-57H2,1-3H3/b10-7-,11-8-,12-9-,19-16-,20-17-,21-18-,28-25-,29-26-,32-27-,41-38-. The van der Waals surface area contributed by atoms with Gasteiger partial charge >= 0.3 is 17.9 Å². The molecule has 0 rings (SSSR count). The Kier molecular flexibility index (Phi) is 51.0. The predicted molar refractivity (Wildman–Crippen MR) is 288 cm³/mol. The van der Waals surface area contributed by atoms with Gasteiger partial charge in [0.1, 0.15) is 13.2 Å². The maximum absolute atomic E-state index is 12.8. The third kappa shape index (κ3) is 52.6. The molecule has 0 saturated carbocycles. The molecule has 1 atom stereocenters. The van der Waals surface area contributed by atoms with Gasteiger partial charge in [0.25, 0.3) is 0 Å². The third-order valence-electron chi connectivity index (χ3n) is 10.9. The van der Waals surface area contributed by atoms with E-state index in [1.54, 1.807) is 0 Å². The molecular weight excluding hydrogens is 829 g/mol. The Hall–Kier alpha value is -4.19. The molecule has 0 aliphatic carbocycles. The number of esters is 3. The summed E-state index contributed by atoms with van der Waals surface area (Å²) in [5.41, 5.74) is 0. The number of rotatable bonds is 47. The molecule has 0 fully saturated rings. The first-order valence-corrected chi connectivity index (χ1v) is 27.0. The van der Waals surface area contributed by atoms with Crippen molar-refractivity contribution in [3.05, 3.63) is 122 Å². The number of carbonyl (C=O) groups is 3. The highest BCUT2D eigenvalue weighted by Crippen LogP contribution is 2.14. The van der Waals surface area contributed by atoms with Crippen LogP contribution in [0.4, 0.5) is 0 Å². The van der Waals surface area contributed by atoms with E-state index in [1.807, 2.05) is 0 Å². The first-order chi connectivity index (χ1) is 33.0. The summed E-state index contributed by atoms with van der Waals surface area (Å²) in [5, 5.41) is 0. The van der Waals surface area contributed by atoms with Crippen LogP contribution in [0.15, 0.2) is 122 Å². The number of carbonyl (C=O) groups excluding carboxylic acids is 3. The van der Waals surface area contributed by atoms with Crippen LogP contribution in [0.2, 0.25) is 0 Å². The maximum atomic E-state index is 12.8. The van der Waals surface area contributed by atoms with Crippen molar-refractivity contribution in [3.63, 3.8) is 0 Å². The smallest absolute Gasteiger partial charge is 0.306 e.